The van der Waals surface area contributed by atoms with Crippen LogP contribution in [0.1, 0.15) is 24.2 Å². The molecule has 26 heavy (non-hydrogen) atoms. The Balaban J connectivity index is 1.85. The summed E-state index contributed by atoms with van der Waals surface area (Å²) < 4.78 is 5.57. The third-order valence-corrected chi connectivity index (χ3v) is 3.84. The third kappa shape index (κ3) is 3.37. The van der Waals surface area contributed by atoms with Gasteiger partial charge < -0.3 is 9.84 Å². The van der Waals surface area contributed by atoms with Gasteiger partial charge in [-0.1, -0.05) is 6.07 Å². The van der Waals surface area contributed by atoms with E-state index in [2.05, 4.69) is 0 Å². The number of benzene rings is 2. The van der Waals surface area contributed by atoms with Gasteiger partial charge in [-0.25, -0.2) is 14.5 Å². The SMILES string of the molecule is CC(C)Oc1ccc(N2CC(=O)N(c3cccc(C(=O)O)c3)C2=O)cc1. The van der Waals surface area contributed by atoms with Gasteiger partial charge in [0.15, 0.2) is 0 Å². The lowest BCUT2D eigenvalue weighted by atomic mass is 10.2. The molecule has 0 radical (unpaired) electrons. The van der Waals surface area contributed by atoms with Crippen LogP contribution < -0.4 is 14.5 Å². The van der Waals surface area contributed by atoms with E-state index in [0.717, 1.165) is 4.90 Å². The molecule has 3 rings (SSSR count). The number of anilines is 2. The van der Waals surface area contributed by atoms with Crippen molar-refractivity contribution in [2.45, 2.75) is 20.0 Å². The summed E-state index contributed by atoms with van der Waals surface area (Å²) in [6.45, 7) is 3.72. The molecular formula is C19H18N2O5. The van der Waals surface area contributed by atoms with Gasteiger partial charge in [0.05, 0.1) is 17.4 Å². The summed E-state index contributed by atoms with van der Waals surface area (Å²) in [4.78, 5) is 38.5. The Morgan fingerprint density at radius 3 is 2.38 bits per heavy atom. The molecule has 1 fully saturated rings. The quantitative estimate of drug-likeness (QED) is 0.834. The number of aromatic carboxylic acids is 1. The topological polar surface area (TPSA) is 87.2 Å². The van der Waals surface area contributed by atoms with E-state index in [4.69, 9.17) is 9.84 Å². The van der Waals surface area contributed by atoms with Crippen molar-refractivity contribution in [2.75, 3.05) is 16.3 Å². The molecule has 1 aliphatic rings. The standard InChI is InChI=1S/C19H18N2O5/c1-12(2)26-16-8-6-14(7-9-16)20-11-17(22)21(19(20)25)15-5-3-4-13(10-15)18(23)24/h3-10,12H,11H2,1-2H3,(H,23,24). The number of rotatable bonds is 5. The van der Waals surface area contributed by atoms with Gasteiger partial charge >= 0.3 is 12.0 Å². The van der Waals surface area contributed by atoms with Crippen molar-refractivity contribution >= 4 is 29.3 Å². The Morgan fingerprint density at radius 2 is 1.77 bits per heavy atom. The fraction of sp³-hybridized carbons (Fsp3) is 0.211. The molecule has 1 heterocycles. The van der Waals surface area contributed by atoms with Crippen molar-refractivity contribution in [3.63, 3.8) is 0 Å². The molecular weight excluding hydrogens is 336 g/mol. The van der Waals surface area contributed by atoms with Crippen molar-refractivity contribution < 1.29 is 24.2 Å². The zero-order valence-corrected chi connectivity index (χ0v) is 14.4. The monoisotopic (exact) mass is 354 g/mol. The predicted octanol–water partition coefficient (Wildman–Crippen LogP) is 3.15. The first-order chi connectivity index (χ1) is 12.4. The van der Waals surface area contributed by atoms with Crippen LogP contribution in [0.25, 0.3) is 0 Å². The molecule has 0 aromatic heterocycles. The highest BCUT2D eigenvalue weighted by Gasteiger charge is 2.38. The van der Waals surface area contributed by atoms with Crippen molar-refractivity contribution in [1.82, 2.24) is 0 Å². The first-order valence-electron chi connectivity index (χ1n) is 8.11. The van der Waals surface area contributed by atoms with Gasteiger partial charge in [0.1, 0.15) is 12.3 Å². The third-order valence-electron chi connectivity index (χ3n) is 3.84. The Morgan fingerprint density at radius 1 is 1.08 bits per heavy atom. The molecule has 0 unspecified atom stereocenters. The molecule has 1 aliphatic heterocycles. The van der Waals surface area contributed by atoms with E-state index < -0.39 is 17.9 Å². The van der Waals surface area contributed by atoms with Crippen molar-refractivity contribution in [2.24, 2.45) is 0 Å². The second-order valence-corrected chi connectivity index (χ2v) is 6.11. The second kappa shape index (κ2) is 6.87. The Labute approximate surface area is 150 Å². The lowest BCUT2D eigenvalue weighted by Crippen LogP contribution is -2.33. The number of amides is 3. The van der Waals surface area contributed by atoms with Crippen molar-refractivity contribution in [1.29, 1.82) is 0 Å². The van der Waals surface area contributed by atoms with Crippen LogP contribution in [-0.2, 0) is 4.79 Å². The van der Waals surface area contributed by atoms with E-state index in [1.807, 2.05) is 13.8 Å². The number of carboxylic acid groups (broad SMARTS) is 1. The highest BCUT2D eigenvalue weighted by molar-refractivity contribution is 6.27. The van der Waals surface area contributed by atoms with Gasteiger partial charge in [-0.2, -0.15) is 0 Å². The van der Waals surface area contributed by atoms with Crippen LogP contribution >= 0.6 is 0 Å². The zero-order chi connectivity index (χ0) is 18.8. The molecule has 3 amide bonds. The number of carbonyl (C=O) groups is 3. The van der Waals surface area contributed by atoms with Gasteiger partial charge in [-0.3, -0.25) is 9.69 Å². The van der Waals surface area contributed by atoms with E-state index in [-0.39, 0.29) is 23.9 Å². The Hall–Kier alpha value is -3.35. The maximum absolute atomic E-state index is 12.7. The minimum atomic E-state index is -1.12. The van der Waals surface area contributed by atoms with Gasteiger partial charge in [0.2, 0.25) is 0 Å². The van der Waals surface area contributed by atoms with Crippen LogP contribution in [0.15, 0.2) is 48.5 Å². The van der Waals surface area contributed by atoms with Gasteiger partial charge in [-0.15, -0.1) is 0 Å². The maximum atomic E-state index is 12.7. The van der Waals surface area contributed by atoms with Crippen molar-refractivity contribution in [3.05, 3.63) is 54.1 Å². The molecule has 2 aromatic rings. The lowest BCUT2D eigenvalue weighted by Gasteiger charge is -2.18. The van der Waals surface area contributed by atoms with Gasteiger partial charge in [-0.05, 0) is 56.3 Å². The van der Waals surface area contributed by atoms with E-state index >= 15 is 0 Å². The van der Waals surface area contributed by atoms with E-state index in [9.17, 15) is 14.4 Å². The molecule has 0 saturated carbocycles. The molecule has 1 N–H and O–H groups in total. The summed E-state index contributed by atoms with van der Waals surface area (Å²) in [5.74, 6) is -0.865. The predicted molar refractivity (Wildman–Crippen MR) is 95.8 cm³/mol. The number of imide groups is 1. The summed E-state index contributed by atoms with van der Waals surface area (Å²) >= 11 is 0. The number of urea groups is 1. The van der Waals surface area contributed by atoms with E-state index in [1.54, 1.807) is 24.3 Å². The van der Waals surface area contributed by atoms with Crippen LogP contribution in [0.5, 0.6) is 5.75 Å². The average molecular weight is 354 g/mol. The average Bonchev–Trinajstić information content (AvgIpc) is 2.89. The number of carboxylic acids is 1. The maximum Gasteiger partial charge on any atom is 0.336 e. The number of ether oxygens (including phenoxy) is 1. The molecule has 7 heteroatoms. The molecule has 0 spiro atoms. The summed E-state index contributed by atoms with van der Waals surface area (Å²) in [5.41, 5.74) is 0.815. The number of hydrogen-bond donors (Lipinski definition) is 1. The molecule has 0 aliphatic carbocycles. The first-order valence-corrected chi connectivity index (χ1v) is 8.11. The Kier molecular flexibility index (Phi) is 4.62. The van der Waals surface area contributed by atoms with Crippen LogP contribution in [-0.4, -0.2) is 35.7 Å². The fourth-order valence-corrected chi connectivity index (χ4v) is 2.71. The summed E-state index contributed by atoms with van der Waals surface area (Å²) in [6, 6.07) is 12.1. The largest absolute Gasteiger partial charge is 0.491 e. The van der Waals surface area contributed by atoms with Crippen LogP contribution in [0.3, 0.4) is 0 Å². The Bertz CT molecular complexity index is 860. The number of nitrogens with zero attached hydrogens (tertiary/aromatic N) is 2. The van der Waals surface area contributed by atoms with E-state index in [0.29, 0.717) is 11.4 Å². The zero-order valence-electron chi connectivity index (χ0n) is 14.4. The second-order valence-electron chi connectivity index (χ2n) is 6.11. The van der Waals surface area contributed by atoms with Crippen molar-refractivity contribution in [3.8, 4) is 5.75 Å². The smallest absolute Gasteiger partial charge is 0.336 e. The fourth-order valence-electron chi connectivity index (χ4n) is 2.71. The molecule has 7 nitrogen and oxygen atoms in total. The number of hydrogen-bond acceptors (Lipinski definition) is 4. The minimum absolute atomic E-state index is 0.0109. The summed E-state index contributed by atoms with van der Waals surface area (Å²) in [7, 11) is 0. The highest BCUT2D eigenvalue weighted by atomic mass is 16.5. The lowest BCUT2D eigenvalue weighted by molar-refractivity contribution is -0.115. The highest BCUT2D eigenvalue weighted by Crippen LogP contribution is 2.28. The summed E-state index contributed by atoms with van der Waals surface area (Å²) in [6.07, 6.45) is 0.0350. The molecule has 0 bridgehead atoms. The number of carbonyl (C=O) groups excluding carboxylic acids is 2. The van der Waals surface area contributed by atoms with E-state index in [1.165, 1.54) is 29.2 Å². The normalized spacial score (nSPS) is 14.3. The van der Waals surface area contributed by atoms with Gasteiger partial charge in [0.25, 0.3) is 5.91 Å². The van der Waals surface area contributed by atoms with Crippen LogP contribution in [0.2, 0.25) is 0 Å². The summed E-state index contributed by atoms with van der Waals surface area (Å²) in [5, 5.41) is 9.09. The van der Waals surface area contributed by atoms with Crippen LogP contribution in [0.4, 0.5) is 16.2 Å². The van der Waals surface area contributed by atoms with Crippen LogP contribution in [0, 0.1) is 0 Å². The molecule has 134 valence electrons. The first kappa shape index (κ1) is 17.5. The molecule has 2 aromatic carbocycles. The molecule has 1 saturated heterocycles. The van der Waals surface area contributed by atoms with Gasteiger partial charge in [0, 0.05) is 5.69 Å². The minimum Gasteiger partial charge on any atom is -0.491 e. The molecule has 0 atom stereocenters.